The van der Waals surface area contributed by atoms with Gasteiger partial charge >= 0.3 is 0 Å². The van der Waals surface area contributed by atoms with Crippen LogP contribution in [0.3, 0.4) is 0 Å². The highest BCUT2D eigenvalue weighted by Gasteiger charge is 2.37. The Morgan fingerprint density at radius 3 is 2.73 bits per heavy atom. The van der Waals surface area contributed by atoms with Crippen LogP contribution in [0.1, 0.15) is 27.2 Å². The summed E-state index contributed by atoms with van der Waals surface area (Å²) in [6, 6.07) is 0. The van der Waals surface area contributed by atoms with Crippen LogP contribution in [0.2, 0.25) is 0 Å². The lowest BCUT2D eigenvalue weighted by molar-refractivity contribution is -0.135. The molecule has 0 N–H and O–H groups in total. The van der Waals surface area contributed by atoms with Crippen LogP contribution in [0.4, 0.5) is 0 Å². The van der Waals surface area contributed by atoms with Crippen molar-refractivity contribution < 1.29 is 9.53 Å². The van der Waals surface area contributed by atoms with Crippen LogP contribution in [0.15, 0.2) is 11.6 Å². The molecule has 1 unspecified atom stereocenters. The molecule has 62 valence electrons. The standard InChI is InChI=1S/C9H14O2/c1-4-11-9(3)6-5-7(2)8(9)10/h5H,4,6H2,1-3H3. The second-order valence-corrected chi connectivity index (χ2v) is 3.08. The molecule has 2 heteroatoms. The first kappa shape index (κ1) is 8.47. The zero-order valence-corrected chi connectivity index (χ0v) is 7.31. The van der Waals surface area contributed by atoms with E-state index >= 15 is 0 Å². The maximum atomic E-state index is 11.4. The highest BCUT2D eigenvalue weighted by molar-refractivity contribution is 6.03. The Bertz CT molecular complexity index is 206. The van der Waals surface area contributed by atoms with Gasteiger partial charge in [-0.15, -0.1) is 0 Å². The van der Waals surface area contributed by atoms with Crippen LogP contribution in [0, 0.1) is 0 Å². The Labute approximate surface area is 67.2 Å². The van der Waals surface area contributed by atoms with Crippen LogP contribution in [0.5, 0.6) is 0 Å². The molecule has 0 saturated carbocycles. The fourth-order valence-corrected chi connectivity index (χ4v) is 1.39. The largest absolute Gasteiger partial charge is 0.367 e. The third-order valence-electron chi connectivity index (χ3n) is 2.10. The molecule has 1 rings (SSSR count). The van der Waals surface area contributed by atoms with E-state index in [-0.39, 0.29) is 5.78 Å². The predicted octanol–water partition coefficient (Wildman–Crippen LogP) is 1.70. The lowest BCUT2D eigenvalue weighted by Crippen LogP contribution is -2.34. The minimum atomic E-state index is -0.557. The molecule has 11 heavy (non-hydrogen) atoms. The number of hydrogen-bond acceptors (Lipinski definition) is 2. The molecule has 0 heterocycles. The molecule has 0 bridgehead atoms. The van der Waals surface area contributed by atoms with Crippen molar-refractivity contribution in [3.05, 3.63) is 11.6 Å². The van der Waals surface area contributed by atoms with Crippen LogP contribution in [0.25, 0.3) is 0 Å². The highest BCUT2D eigenvalue weighted by Crippen LogP contribution is 2.28. The van der Waals surface area contributed by atoms with E-state index in [0.717, 1.165) is 12.0 Å². The summed E-state index contributed by atoms with van der Waals surface area (Å²) < 4.78 is 5.37. The van der Waals surface area contributed by atoms with Crippen molar-refractivity contribution in [3.8, 4) is 0 Å². The van der Waals surface area contributed by atoms with E-state index in [1.54, 1.807) is 0 Å². The average Bonchev–Trinajstić information content (AvgIpc) is 2.19. The Morgan fingerprint density at radius 1 is 1.73 bits per heavy atom. The molecule has 1 aliphatic carbocycles. The van der Waals surface area contributed by atoms with E-state index in [0.29, 0.717) is 6.61 Å². The van der Waals surface area contributed by atoms with Crippen molar-refractivity contribution in [3.63, 3.8) is 0 Å². The number of carbonyl (C=O) groups excluding carboxylic acids is 1. The summed E-state index contributed by atoms with van der Waals surface area (Å²) in [6.07, 6.45) is 2.67. The van der Waals surface area contributed by atoms with Crippen LogP contribution in [-0.4, -0.2) is 18.0 Å². The molecule has 0 amide bonds. The number of rotatable bonds is 2. The van der Waals surface area contributed by atoms with E-state index in [2.05, 4.69) is 0 Å². The Hall–Kier alpha value is -0.630. The summed E-state index contributed by atoms with van der Waals surface area (Å²) in [4.78, 5) is 11.4. The van der Waals surface area contributed by atoms with Crippen molar-refractivity contribution in [2.75, 3.05) is 6.61 Å². The van der Waals surface area contributed by atoms with Gasteiger partial charge in [-0.2, -0.15) is 0 Å². The fourth-order valence-electron chi connectivity index (χ4n) is 1.39. The van der Waals surface area contributed by atoms with Crippen LogP contribution in [-0.2, 0) is 9.53 Å². The quantitative estimate of drug-likeness (QED) is 0.605. The van der Waals surface area contributed by atoms with Gasteiger partial charge in [0.05, 0.1) is 0 Å². The average molecular weight is 154 g/mol. The third-order valence-corrected chi connectivity index (χ3v) is 2.10. The monoisotopic (exact) mass is 154 g/mol. The van der Waals surface area contributed by atoms with Gasteiger partial charge in [0.1, 0.15) is 5.60 Å². The second-order valence-electron chi connectivity index (χ2n) is 3.08. The maximum absolute atomic E-state index is 11.4. The molecule has 0 aromatic carbocycles. The summed E-state index contributed by atoms with van der Waals surface area (Å²) in [7, 11) is 0. The lowest BCUT2D eigenvalue weighted by atomic mass is 10.0. The Kier molecular flexibility index (Phi) is 2.14. The van der Waals surface area contributed by atoms with Crippen LogP contribution < -0.4 is 0 Å². The zero-order valence-electron chi connectivity index (χ0n) is 7.31. The predicted molar refractivity (Wildman–Crippen MR) is 43.4 cm³/mol. The van der Waals surface area contributed by atoms with E-state index in [9.17, 15) is 4.79 Å². The molecule has 0 radical (unpaired) electrons. The molecule has 2 nitrogen and oxygen atoms in total. The molecule has 0 spiro atoms. The molecular formula is C9H14O2. The van der Waals surface area contributed by atoms with E-state index in [4.69, 9.17) is 4.74 Å². The molecule has 0 aromatic heterocycles. The first-order chi connectivity index (χ1) is 5.10. The van der Waals surface area contributed by atoms with Gasteiger partial charge in [0, 0.05) is 13.0 Å². The Balaban J connectivity index is 2.71. The minimum absolute atomic E-state index is 0.138. The molecule has 1 atom stereocenters. The number of ketones is 1. The fraction of sp³-hybridized carbons (Fsp3) is 0.667. The molecular weight excluding hydrogens is 140 g/mol. The lowest BCUT2D eigenvalue weighted by Gasteiger charge is -2.21. The molecule has 1 aliphatic rings. The SMILES string of the molecule is CCOC1(C)CC=C(C)C1=O. The van der Waals surface area contributed by atoms with Crippen molar-refractivity contribution >= 4 is 5.78 Å². The first-order valence-electron chi connectivity index (χ1n) is 3.95. The smallest absolute Gasteiger partial charge is 0.190 e. The number of hydrogen-bond donors (Lipinski definition) is 0. The summed E-state index contributed by atoms with van der Waals surface area (Å²) in [5.74, 6) is 0.138. The van der Waals surface area contributed by atoms with E-state index in [1.807, 2.05) is 26.8 Å². The second kappa shape index (κ2) is 2.78. The molecule has 0 fully saturated rings. The summed E-state index contributed by atoms with van der Waals surface area (Å²) >= 11 is 0. The van der Waals surface area contributed by atoms with Gasteiger partial charge in [0.25, 0.3) is 0 Å². The van der Waals surface area contributed by atoms with Gasteiger partial charge in [-0.3, -0.25) is 4.79 Å². The number of carbonyl (C=O) groups is 1. The first-order valence-corrected chi connectivity index (χ1v) is 3.95. The van der Waals surface area contributed by atoms with Crippen molar-refractivity contribution in [2.24, 2.45) is 0 Å². The Morgan fingerprint density at radius 2 is 2.36 bits per heavy atom. The molecule has 0 aromatic rings. The van der Waals surface area contributed by atoms with Crippen LogP contribution >= 0.6 is 0 Å². The normalized spacial score (nSPS) is 30.8. The maximum Gasteiger partial charge on any atom is 0.190 e. The minimum Gasteiger partial charge on any atom is -0.367 e. The van der Waals surface area contributed by atoms with Gasteiger partial charge in [0.15, 0.2) is 5.78 Å². The summed E-state index contributed by atoms with van der Waals surface area (Å²) in [6.45, 7) is 6.20. The third kappa shape index (κ3) is 1.36. The summed E-state index contributed by atoms with van der Waals surface area (Å²) in [5.41, 5.74) is 0.278. The topological polar surface area (TPSA) is 26.3 Å². The van der Waals surface area contributed by atoms with Crippen molar-refractivity contribution in [1.82, 2.24) is 0 Å². The number of Topliss-reactive ketones (excluding diaryl/α,β-unsaturated/α-hetero) is 1. The molecule has 0 saturated heterocycles. The van der Waals surface area contributed by atoms with Gasteiger partial charge in [0.2, 0.25) is 0 Å². The van der Waals surface area contributed by atoms with E-state index < -0.39 is 5.60 Å². The molecule has 0 aliphatic heterocycles. The zero-order chi connectivity index (χ0) is 8.48. The van der Waals surface area contributed by atoms with Crippen molar-refractivity contribution in [1.29, 1.82) is 0 Å². The van der Waals surface area contributed by atoms with E-state index in [1.165, 1.54) is 0 Å². The number of ether oxygens (including phenoxy) is 1. The van der Waals surface area contributed by atoms with Gasteiger partial charge in [-0.1, -0.05) is 6.08 Å². The van der Waals surface area contributed by atoms with Crippen molar-refractivity contribution in [2.45, 2.75) is 32.8 Å². The highest BCUT2D eigenvalue weighted by atomic mass is 16.5. The summed E-state index contributed by atoms with van der Waals surface area (Å²) in [5, 5.41) is 0. The van der Waals surface area contributed by atoms with Gasteiger partial charge in [-0.25, -0.2) is 0 Å². The van der Waals surface area contributed by atoms with Gasteiger partial charge in [-0.05, 0) is 26.3 Å². The van der Waals surface area contributed by atoms with Gasteiger partial charge < -0.3 is 4.74 Å².